The van der Waals surface area contributed by atoms with Crippen LogP contribution in [0.3, 0.4) is 0 Å². The number of fused-ring (bicyclic) bond motifs is 1. The van der Waals surface area contributed by atoms with E-state index in [1.807, 2.05) is 6.20 Å². The van der Waals surface area contributed by atoms with Gasteiger partial charge in [-0.1, -0.05) is 6.92 Å². The van der Waals surface area contributed by atoms with Crippen molar-refractivity contribution in [3.05, 3.63) is 35.2 Å². The highest BCUT2D eigenvalue weighted by molar-refractivity contribution is 5.79. The Morgan fingerprint density at radius 3 is 3.00 bits per heavy atom. The second-order valence-electron chi connectivity index (χ2n) is 4.94. The maximum Gasteiger partial charge on any atom is 0.0928 e. The summed E-state index contributed by atoms with van der Waals surface area (Å²) >= 11 is 0. The molecule has 18 heavy (non-hydrogen) atoms. The average molecular weight is 242 g/mol. The summed E-state index contributed by atoms with van der Waals surface area (Å²) in [7, 11) is 0. The number of ether oxygens (including phenoxy) is 1. The fourth-order valence-electron chi connectivity index (χ4n) is 2.69. The highest BCUT2D eigenvalue weighted by atomic mass is 16.5. The Hall–Kier alpha value is -1.48. The van der Waals surface area contributed by atoms with Gasteiger partial charge in [-0.25, -0.2) is 0 Å². The molecule has 0 aliphatic carbocycles. The van der Waals surface area contributed by atoms with Crippen LogP contribution in [0.5, 0.6) is 0 Å². The van der Waals surface area contributed by atoms with E-state index in [9.17, 15) is 0 Å². The van der Waals surface area contributed by atoms with Crippen molar-refractivity contribution in [1.29, 1.82) is 0 Å². The topological polar surface area (TPSA) is 35.0 Å². The molecule has 1 fully saturated rings. The third-order valence-corrected chi connectivity index (χ3v) is 3.71. The third-order valence-electron chi connectivity index (χ3n) is 3.71. The van der Waals surface area contributed by atoms with E-state index >= 15 is 0 Å². The Morgan fingerprint density at radius 1 is 1.39 bits per heavy atom. The minimum atomic E-state index is 0.482. The third kappa shape index (κ3) is 1.89. The summed E-state index contributed by atoms with van der Waals surface area (Å²) in [4.78, 5) is 9.27. The van der Waals surface area contributed by atoms with Crippen molar-refractivity contribution < 1.29 is 4.74 Å². The molecule has 0 N–H and O–H groups in total. The molecule has 1 unspecified atom stereocenters. The van der Waals surface area contributed by atoms with E-state index in [0.717, 1.165) is 42.8 Å². The molecular weight excluding hydrogens is 224 g/mol. The van der Waals surface area contributed by atoms with Gasteiger partial charge in [0, 0.05) is 24.4 Å². The molecule has 3 nitrogen and oxygen atoms in total. The molecule has 0 aromatic carbocycles. The molecule has 2 aromatic rings. The van der Waals surface area contributed by atoms with Crippen molar-refractivity contribution in [2.75, 3.05) is 13.2 Å². The Labute approximate surface area is 107 Å². The molecule has 0 amide bonds. The van der Waals surface area contributed by atoms with Crippen molar-refractivity contribution in [3.63, 3.8) is 0 Å². The molecule has 3 heterocycles. The summed E-state index contributed by atoms with van der Waals surface area (Å²) in [6.07, 6.45) is 4.02. The van der Waals surface area contributed by atoms with E-state index in [2.05, 4.69) is 31.0 Å². The lowest BCUT2D eigenvalue weighted by Crippen LogP contribution is -2.04. The van der Waals surface area contributed by atoms with Gasteiger partial charge in [0.25, 0.3) is 0 Å². The maximum atomic E-state index is 5.52. The first kappa shape index (κ1) is 11.6. The van der Waals surface area contributed by atoms with E-state index in [1.165, 1.54) is 11.1 Å². The van der Waals surface area contributed by atoms with Gasteiger partial charge in [-0.05, 0) is 43.0 Å². The summed E-state index contributed by atoms with van der Waals surface area (Å²) in [6.45, 7) is 5.94. The summed E-state index contributed by atoms with van der Waals surface area (Å²) in [5, 5.41) is 0. The van der Waals surface area contributed by atoms with Crippen molar-refractivity contribution in [2.45, 2.75) is 32.6 Å². The lowest BCUT2D eigenvalue weighted by molar-refractivity contribution is 0.194. The number of hydrogen-bond donors (Lipinski definition) is 0. The summed E-state index contributed by atoms with van der Waals surface area (Å²) in [5.41, 5.74) is 5.78. The van der Waals surface area contributed by atoms with Crippen molar-refractivity contribution in [1.82, 2.24) is 9.97 Å². The minimum absolute atomic E-state index is 0.482. The fourth-order valence-corrected chi connectivity index (χ4v) is 2.69. The van der Waals surface area contributed by atoms with Crippen LogP contribution in [-0.2, 0) is 11.2 Å². The van der Waals surface area contributed by atoms with Crippen LogP contribution in [0.1, 0.15) is 36.1 Å². The van der Waals surface area contributed by atoms with E-state index in [-0.39, 0.29) is 0 Å². The lowest BCUT2D eigenvalue weighted by Gasteiger charge is -2.14. The van der Waals surface area contributed by atoms with Gasteiger partial charge in [-0.3, -0.25) is 9.97 Å². The predicted molar refractivity (Wildman–Crippen MR) is 71.8 cm³/mol. The lowest BCUT2D eigenvalue weighted by atomic mass is 9.93. The van der Waals surface area contributed by atoms with Crippen LogP contribution < -0.4 is 0 Å². The Morgan fingerprint density at radius 2 is 2.28 bits per heavy atom. The standard InChI is InChI=1S/C15H18N2O/c1-3-12-4-5-13-15(17-12)14(10(2)8-16-13)11-6-7-18-9-11/h4-5,8,11H,3,6-7,9H2,1-2H3. The molecule has 0 bridgehead atoms. The second-order valence-corrected chi connectivity index (χ2v) is 4.94. The predicted octanol–water partition coefficient (Wildman–Crippen LogP) is 3.00. The normalized spacial score (nSPS) is 19.6. The monoisotopic (exact) mass is 242 g/mol. The summed E-state index contributed by atoms with van der Waals surface area (Å²) in [5.74, 6) is 0.482. The number of nitrogens with zero attached hydrogens (tertiary/aromatic N) is 2. The molecule has 0 spiro atoms. The largest absolute Gasteiger partial charge is 0.381 e. The number of aryl methyl sites for hydroxylation is 2. The Balaban J connectivity index is 2.22. The van der Waals surface area contributed by atoms with Gasteiger partial charge in [-0.15, -0.1) is 0 Å². The quantitative estimate of drug-likeness (QED) is 0.812. The smallest absolute Gasteiger partial charge is 0.0928 e. The van der Waals surface area contributed by atoms with Crippen LogP contribution in [0.25, 0.3) is 11.0 Å². The van der Waals surface area contributed by atoms with Gasteiger partial charge in [0.05, 0.1) is 17.6 Å². The van der Waals surface area contributed by atoms with Crippen molar-refractivity contribution >= 4 is 11.0 Å². The van der Waals surface area contributed by atoms with Crippen LogP contribution in [-0.4, -0.2) is 23.2 Å². The molecule has 3 heteroatoms. The van der Waals surface area contributed by atoms with Gasteiger partial charge < -0.3 is 4.74 Å². The highest BCUT2D eigenvalue weighted by Crippen LogP contribution is 2.32. The summed E-state index contributed by atoms with van der Waals surface area (Å²) < 4.78 is 5.52. The molecule has 2 aromatic heterocycles. The van der Waals surface area contributed by atoms with Gasteiger partial charge in [0.15, 0.2) is 0 Å². The van der Waals surface area contributed by atoms with Crippen molar-refractivity contribution in [2.24, 2.45) is 0 Å². The number of hydrogen-bond acceptors (Lipinski definition) is 3. The van der Waals surface area contributed by atoms with Gasteiger partial charge >= 0.3 is 0 Å². The van der Waals surface area contributed by atoms with E-state index in [0.29, 0.717) is 5.92 Å². The second kappa shape index (κ2) is 4.65. The molecule has 1 atom stereocenters. The number of rotatable bonds is 2. The average Bonchev–Trinajstić information content (AvgIpc) is 2.91. The Kier molecular flexibility index (Phi) is 3.00. The van der Waals surface area contributed by atoms with Crippen LogP contribution in [0.4, 0.5) is 0 Å². The number of aromatic nitrogens is 2. The molecular formula is C15H18N2O. The van der Waals surface area contributed by atoms with Gasteiger partial charge in [0.1, 0.15) is 0 Å². The van der Waals surface area contributed by atoms with E-state index in [1.54, 1.807) is 0 Å². The van der Waals surface area contributed by atoms with Crippen molar-refractivity contribution in [3.8, 4) is 0 Å². The molecule has 1 aliphatic rings. The van der Waals surface area contributed by atoms with Gasteiger partial charge in [-0.2, -0.15) is 0 Å². The van der Waals surface area contributed by atoms with Crippen LogP contribution in [0.15, 0.2) is 18.3 Å². The zero-order valence-corrected chi connectivity index (χ0v) is 10.9. The molecule has 1 saturated heterocycles. The highest BCUT2D eigenvalue weighted by Gasteiger charge is 2.22. The summed E-state index contributed by atoms with van der Waals surface area (Å²) in [6, 6.07) is 4.15. The van der Waals surface area contributed by atoms with Crippen LogP contribution >= 0.6 is 0 Å². The molecule has 94 valence electrons. The molecule has 1 aliphatic heterocycles. The van der Waals surface area contributed by atoms with E-state index in [4.69, 9.17) is 9.72 Å². The maximum absolute atomic E-state index is 5.52. The van der Waals surface area contributed by atoms with Crippen LogP contribution in [0.2, 0.25) is 0 Å². The van der Waals surface area contributed by atoms with E-state index < -0.39 is 0 Å². The first-order valence-electron chi connectivity index (χ1n) is 6.62. The number of pyridine rings is 2. The fraction of sp³-hybridized carbons (Fsp3) is 0.467. The zero-order chi connectivity index (χ0) is 12.5. The Bertz CT molecular complexity index is 574. The molecule has 3 rings (SSSR count). The molecule has 0 saturated carbocycles. The zero-order valence-electron chi connectivity index (χ0n) is 10.9. The SMILES string of the molecule is CCc1ccc2ncc(C)c(C3CCOC3)c2n1. The minimum Gasteiger partial charge on any atom is -0.381 e. The first-order valence-corrected chi connectivity index (χ1v) is 6.62. The first-order chi connectivity index (χ1) is 8.79. The molecule has 0 radical (unpaired) electrons. The van der Waals surface area contributed by atoms with Gasteiger partial charge in [0.2, 0.25) is 0 Å². The van der Waals surface area contributed by atoms with Crippen LogP contribution in [0, 0.1) is 6.92 Å².